The topological polar surface area (TPSA) is 20.3 Å². The molecule has 0 heterocycles. The van der Waals surface area contributed by atoms with Gasteiger partial charge >= 0.3 is 0 Å². The number of amides is 1. The first-order valence-electron chi connectivity index (χ1n) is 7.20. The van der Waals surface area contributed by atoms with Crippen LogP contribution in [-0.4, -0.2) is 18.2 Å². The maximum Gasteiger partial charge on any atom is 0.223 e. The highest BCUT2D eigenvalue weighted by atomic mass is 32.2. The van der Waals surface area contributed by atoms with Crippen molar-refractivity contribution < 1.29 is 4.79 Å². The molecule has 0 saturated carbocycles. The quantitative estimate of drug-likeness (QED) is 0.506. The van der Waals surface area contributed by atoms with Gasteiger partial charge in [-0.1, -0.05) is 38.3 Å². The van der Waals surface area contributed by atoms with Crippen LogP contribution < -0.4 is 4.90 Å². The first-order valence-corrected chi connectivity index (χ1v) is 8.19. The first-order chi connectivity index (χ1) is 9.20. The molecule has 1 aromatic carbocycles. The largest absolute Gasteiger partial charge is 0.312 e. The Bertz CT molecular complexity index is 392. The summed E-state index contributed by atoms with van der Waals surface area (Å²) in [6.07, 6.45) is 5.14. The van der Waals surface area contributed by atoms with Crippen molar-refractivity contribution in [3.63, 3.8) is 0 Å². The van der Waals surface area contributed by atoms with Crippen LogP contribution in [0, 0.1) is 0 Å². The second kappa shape index (κ2) is 9.03. The average Bonchev–Trinajstić information content (AvgIpc) is 2.40. The number of hydrogen-bond donors (Lipinski definition) is 0. The summed E-state index contributed by atoms with van der Waals surface area (Å²) < 4.78 is 0. The van der Waals surface area contributed by atoms with E-state index in [0.29, 0.717) is 0 Å². The van der Waals surface area contributed by atoms with Gasteiger partial charge < -0.3 is 4.90 Å². The van der Waals surface area contributed by atoms with Crippen LogP contribution >= 0.6 is 11.8 Å². The van der Waals surface area contributed by atoms with Crippen molar-refractivity contribution in [2.24, 2.45) is 0 Å². The van der Waals surface area contributed by atoms with E-state index >= 15 is 0 Å². The molecule has 2 nitrogen and oxygen atoms in total. The number of thioether (sulfide) groups is 1. The van der Waals surface area contributed by atoms with E-state index in [1.807, 2.05) is 41.8 Å². The zero-order valence-electron chi connectivity index (χ0n) is 12.3. The first kappa shape index (κ1) is 16.1. The van der Waals surface area contributed by atoms with Crippen molar-refractivity contribution in [3.05, 3.63) is 24.3 Å². The fourth-order valence-electron chi connectivity index (χ4n) is 2.08. The van der Waals surface area contributed by atoms with Crippen LogP contribution in [0.4, 0.5) is 5.69 Å². The summed E-state index contributed by atoms with van der Waals surface area (Å²) in [5.74, 6) is 1.24. The number of anilines is 1. The van der Waals surface area contributed by atoms with Crippen LogP contribution in [0.2, 0.25) is 0 Å². The lowest BCUT2D eigenvalue weighted by Crippen LogP contribution is -2.28. The molecule has 0 aliphatic rings. The molecule has 0 aromatic heterocycles. The molecule has 3 heteroatoms. The Morgan fingerprint density at radius 1 is 1.16 bits per heavy atom. The van der Waals surface area contributed by atoms with Crippen LogP contribution in [-0.2, 0) is 4.79 Å². The van der Waals surface area contributed by atoms with E-state index in [4.69, 9.17) is 0 Å². The number of benzene rings is 1. The van der Waals surface area contributed by atoms with Gasteiger partial charge in [0.15, 0.2) is 0 Å². The Morgan fingerprint density at radius 2 is 1.89 bits per heavy atom. The molecule has 0 N–H and O–H groups in total. The van der Waals surface area contributed by atoms with Gasteiger partial charge in [-0.2, -0.15) is 0 Å². The highest BCUT2D eigenvalue weighted by molar-refractivity contribution is 7.99. The minimum Gasteiger partial charge on any atom is -0.312 e. The standard InChI is InChI=1S/C16H25NOS/c1-4-6-7-10-13-19-16-12-9-8-11-15(16)17(5-2)14(3)18/h8-9,11-12H,4-7,10,13H2,1-3H3. The third-order valence-corrected chi connectivity index (χ3v) is 4.26. The Morgan fingerprint density at radius 3 is 2.53 bits per heavy atom. The number of rotatable bonds is 8. The van der Waals surface area contributed by atoms with Crippen LogP contribution in [0.5, 0.6) is 0 Å². The fraction of sp³-hybridized carbons (Fsp3) is 0.562. The van der Waals surface area contributed by atoms with E-state index in [9.17, 15) is 4.79 Å². The zero-order valence-corrected chi connectivity index (χ0v) is 13.1. The molecule has 0 saturated heterocycles. The molecule has 0 aliphatic carbocycles. The molecule has 0 aliphatic heterocycles. The molecule has 0 fully saturated rings. The second-order valence-corrected chi connectivity index (χ2v) is 5.78. The minimum absolute atomic E-state index is 0.113. The molecule has 19 heavy (non-hydrogen) atoms. The zero-order chi connectivity index (χ0) is 14.1. The van der Waals surface area contributed by atoms with Crippen LogP contribution in [0.25, 0.3) is 0 Å². The van der Waals surface area contributed by atoms with Gasteiger partial charge in [0.25, 0.3) is 0 Å². The molecule has 1 amide bonds. The van der Waals surface area contributed by atoms with Crippen molar-refractivity contribution in [2.75, 3.05) is 17.2 Å². The van der Waals surface area contributed by atoms with E-state index in [1.165, 1.54) is 30.6 Å². The Kier molecular flexibility index (Phi) is 7.65. The van der Waals surface area contributed by atoms with Gasteiger partial charge in [-0.15, -0.1) is 11.8 Å². The lowest BCUT2D eigenvalue weighted by molar-refractivity contribution is -0.116. The van der Waals surface area contributed by atoms with E-state index in [0.717, 1.165) is 18.0 Å². The molecule has 1 rings (SSSR count). The summed E-state index contributed by atoms with van der Waals surface area (Å²) >= 11 is 1.86. The molecular formula is C16H25NOS. The number of carbonyl (C=O) groups excluding carboxylic acids is 1. The Hall–Kier alpha value is -0.960. The maximum atomic E-state index is 11.7. The van der Waals surface area contributed by atoms with Gasteiger partial charge in [0.1, 0.15) is 0 Å². The van der Waals surface area contributed by atoms with E-state index < -0.39 is 0 Å². The normalized spacial score (nSPS) is 10.5. The minimum atomic E-state index is 0.113. The number of unbranched alkanes of at least 4 members (excludes halogenated alkanes) is 3. The van der Waals surface area contributed by atoms with Crippen LogP contribution in [0.1, 0.15) is 46.5 Å². The van der Waals surface area contributed by atoms with Gasteiger partial charge in [-0.05, 0) is 31.2 Å². The molecule has 1 aromatic rings. The summed E-state index contributed by atoms with van der Waals surface area (Å²) in [5.41, 5.74) is 1.05. The Balaban J connectivity index is 2.65. The monoisotopic (exact) mass is 279 g/mol. The van der Waals surface area contributed by atoms with Gasteiger partial charge in [-0.3, -0.25) is 4.79 Å². The predicted molar refractivity (Wildman–Crippen MR) is 85.0 cm³/mol. The van der Waals surface area contributed by atoms with E-state index in [-0.39, 0.29) is 5.91 Å². The summed E-state index contributed by atoms with van der Waals surface area (Å²) in [5, 5.41) is 0. The maximum absolute atomic E-state index is 11.7. The van der Waals surface area contributed by atoms with Crippen molar-refractivity contribution in [1.82, 2.24) is 0 Å². The van der Waals surface area contributed by atoms with Crippen molar-refractivity contribution in [2.45, 2.75) is 51.3 Å². The number of hydrogen-bond acceptors (Lipinski definition) is 2. The summed E-state index contributed by atoms with van der Waals surface area (Å²) in [6, 6.07) is 8.21. The average molecular weight is 279 g/mol. The van der Waals surface area contributed by atoms with Crippen molar-refractivity contribution in [3.8, 4) is 0 Å². The number of carbonyl (C=O) groups is 1. The van der Waals surface area contributed by atoms with Crippen LogP contribution in [0.3, 0.4) is 0 Å². The van der Waals surface area contributed by atoms with Crippen molar-refractivity contribution >= 4 is 23.4 Å². The molecule has 0 radical (unpaired) electrons. The van der Waals surface area contributed by atoms with E-state index in [2.05, 4.69) is 13.0 Å². The molecular weight excluding hydrogens is 254 g/mol. The van der Waals surface area contributed by atoms with Gasteiger partial charge in [0, 0.05) is 18.4 Å². The fourth-order valence-corrected chi connectivity index (χ4v) is 3.15. The highest BCUT2D eigenvalue weighted by Crippen LogP contribution is 2.30. The molecule has 106 valence electrons. The SMILES string of the molecule is CCCCCCSc1ccccc1N(CC)C(C)=O. The highest BCUT2D eigenvalue weighted by Gasteiger charge is 2.12. The summed E-state index contributed by atoms with van der Waals surface area (Å²) in [7, 11) is 0. The number of nitrogens with zero attached hydrogens (tertiary/aromatic N) is 1. The van der Waals surface area contributed by atoms with E-state index in [1.54, 1.807) is 6.92 Å². The van der Waals surface area contributed by atoms with Gasteiger partial charge in [0.05, 0.1) is 5.69 Å². The van der Waals surface area contributed by atoms with Gasteiger partial charge in [-0.25, -0.2) is 0 Å². The second-order valence-electron chi connectivity index (χ2n) is 4.64. The number of para-hydroxylation sites is 1. The third kappa shape index (κ3) is 5.27. The van der Waals surface area contributed by atoms with Crippen LogP contribution in [0.15, 0.2) is 29.2 Å². The lowest BCUT2D eigenvalue weighted by Gasteiger charge is -2.22. The summed E-state index contributed by atoms with van der Waals surface area (Å²) in [4.78, 5) is 14.7. The lowest BCUT2D eigenvalue weighted by atomic mass is 10.2. The smallest absolute Gasteiger partial charge is 0.223 e. The third-order valence-electron chi connectivity index (χ3n) is 3.11. The molecule has 0 unspecified atom stereocenters. The molecule has 0 atom stereocenters. The Labute approximate surface area is 121 Å². The predicted octanol–water partition coefficient (Wildman–Crippen LogP) is 4.73. The molecule has 0 bridgehead atoms. The van der Waals surface area contributed by atoms with Gasteiger partial charge in [0.2, 0.25) is 5.91 Å². The molecule has 0 spiro atoms. The summed E-state index contributed by atoms with van der Waals surface area (Å²) in [6.45, 7) is 6.60. The van der Waals surface area contributed by atoms with Crippen molar-refractivity contribution in [1.29, 1.82) is 0 Å².